The fraction of sp³-hybridized carbons (Fsp3) is 0.318. The number of amides is 1. The fourth-order valence-corrected chi connectivity index (χ4v) is 4.48. The molecule has 0 aliphatic heterocycles. The maximum absolute atomic E-state index is 13.3. The molecular formula is C22H22FN3OS. The second kappa shape index (κ2) is 8.61. The number of hydrogen-bond donors (Lipinski definition) is 1. The first-order valence-corrected chi connectivity index (χ1v) is 10.5. The van der Waals surface area contributed by atoms with E-state index in [0.717, 1.165) is 10.6 Å². The molecule has 0 spiro atoms. The summed E-state index contributed by atoms with van der Waals surface area (Å²) in [6, 6.07) is 14.3. The Balaban J connectivity index is 1.37. The molecule has 4 rings (SSSR count). The Morgan fingerprint density at radius 3 is 2.61 bits per heavy atom. The second-order valence-corrected chi connectivity index (χ2v) is 8.28. The summed E-state index contributed by atoms with van der Waals surface area (Å²) in [6.07, 6.45) is 6.89. The predicted octanol–water partition coefficient (Wildman–Crippen LogP) is 5.57. The smallest absolute Gasteiger partial charge is 0.257 e. The first-order valence-electron chi connectivity index (χ1n) is 9.65. The summed E-state index contributed by atoms with van der Waals surface area (Å²) in [6.45, 7) is 0. The molecule has 1 saturated carbocycles. The maximum atomic E-state index is 13.3. The van der Waals surface area contributed by atoms with E-state index in [2.05, 4.69) is 27.6 Å². The standard InChI is InChI=1S/C22H22FN3OS/c23-19-8-4-5-15(13-19)14-20-25-26-22(28-20)24-21(27)18-11-9-17(10-12-18)16-6-2-1-3-7-16/h4-5,8-13,16H,1-3,6-7,14H2,(H,24,26,27). The lowest BCUT2D eigenvalue weighted by Gasteiger charge is -2.22. The van der Waals surface area contributed by atoms with Gasteiger partial charge in [0.15, 0.2) is 0 Å². The van der Waals surface area contributed by atoms with Crippen molar-refractivity contribution in [2.24, 2.45) is 0 Å². The molecule has 2 aromatic carbocycles. The molecule has 28 heavy (non-hydrogen) atoms. The lowest BCUT2D eigenvalue weighted by molar-refractivity contribution is 0.102. The lowest BCUT2D eigenvalue weighted by atomic mass is 9.84. The van der Waals surface area contributed by atoms with Crippen molar-refractivity contribution >= 4 is 22.4 Å². The minimum Gasteiger partial charge on any atom is -0.296 e. The van der Waals surface area contributed by atoms with Crippen molar-refractivity contribution in [2.75, 3.05) is 5.32 Å². The minimum absolute atomic E-state index is 0.191. The van der Waals surface area contributed by atoms with Gasteiger partial charge in [0.25, 0.3) is 5.91 Å². The second-order valence-electron chi connectivity index (χ2n) is 7.22. The summed E-state index contributed by atoms with van der Waals surface area (Å²) in [5.41, 5.74) is 2.76. The van der Waals surface area contributed by atoms with Crippen LogP contribution < -0.4 is 5.32 Å². The van der Waals surface area contributed by atoms with Crippen LogP contribution in [0.3, 0.4) is 0 Å². The van der Waals surface area contributed by atoms with E-state index in [4.69, 9.17) is 0 Å². The molecule has 1 aliphatic rings. The van der Waals surface area contributed by atoms with Crippen molar-refractivity contribution in [1.29, 1.82) is 0 Å². The van der Waals surface area contributed by atoms with Gasteiger partial charge in [0.2, 0.25) is 5.13 Å². The van der Waals surface area contributed by atoms with Gasteiger partial charge in [-0.25, -0.2) is 4.39 Å². The van der Waals surface area contributed by atoms with Gasteiger partial charge in [-0.2, -0.15) is 0 Å². The van der Waals surface area contributed by atoms with Crippen LogP contribution in [0.4, 0.5) is 9.52 Å². The topological polar surface area (TPSA) is 54.9 Å². The summed E-state index contributed by atoms with van der Waals surface area (Å²) in [4.78, 5) is 12.5. The molecule has 0 bridgehead atoms. The van der Waals surface area contributed by atoms with Gasteiger partial charge in [-0.15, -0.1) is 10.2 Å². The molecule has 6 heteroatoms. The molecule has 0 atom stereocenters. The molecule has 144 valence electrons. The molecule has 1 heterocycles. The summed E-state index contributed by atoms with van der Waals surface area (Å²) in [5, 5.41) is 12.1. The number of rotatable bonds is 5. The van der Waals surface area contributed by atoms with Crippen molar-refractivity contribution in [3.63, 3.8) is 0 Å². The van der Waals surface area contributed by atoms with E-state index in [1.165, 1.54) is 61.1 Å². The van der Waals surface area contributed by atoms with Gasteiger partial charge in [-0.1, -0.05) is 54.9 Å². The Labute approximate surface area is 167 Å². The molecule has 4 nitrogen and oxygen atoms in total. The predicted molar refractivity (Wildman–Crippen MR) is 109 cm³/mol. The average Bonchev–Trinajstić information content (AvgIpc) is 3.15. The Kier molecular flexibility index (Phi) is 5.76. The monoisotopic (exact) mass is 395 g/mol. The van der Waals surface area contributed by atoms with Crippen LogP contribution in [0.15, 0.2) is 48.5 Å². The highest BCUT2D eigenvalue weighted by atomic mass is 32.1. The zero-order chi connectivity index (χ0) is 19.3. The van der Waals surface area contributed by atoms with Crippen molar-refractivity contribution in [2.45, 2.75) is 44.4 Å². The number of carbonyl (C=O) groups excluding carboxylic acids is 1. The molecule has 0 radical (unpaired) electrons. The normalized spacial score (nSPS) is 14.8. The maximum Gasteiger partial charge on any atom is 0.257 e. The number of aromatic nitrogens is 2. The van der Waals surface area contributed by atoms with E-state index < -0.39 is 0 Å². The van der Waals surface area contributed by atoms with Gasteiger partial charge in [-0.05, 0) is 54.2 Å². The number of hydrogen-bond acceptors (Lipinski definition) is 4. The third-order valence-electron chi connectivity index (χ3n) is 5.18. The zero-order valence-electron chi connectivity index (χ0n) is 15.5. The fourth-order valence-electron chi connectivity index (χ4n) is 3.71. The molecule has 1 fully saturated rings. The summed E-state index contributed by atoms with van der Waals surface area (Å²) >= 11 is 1.31. The van der Waals surface area contributed by atoms with E-state index in [0.29, 0.717) is 23.0 Å². The number of anilines is 1. The first-order chi connectivity index (χ1) is 13.7. The quantitative estimate of drug-likeness (QED) is 0.615. The van der Waals surface area contributed by atoms with Crippen LogP contribution in [0.5, 0.6) is 0 Å². The average molecular weight is 396 g/mol. The third kappa shape index (κ3) is 4.62. The number of nitrogens with zero attached hydrogens (tertiary/aromatic N) is 2. The van der Waals surface area contributed by atoms with Crippen molar-refractivity contribution in [1.82, 2.24) is 10.2 Å². The van der Waals surface area contributed by atoms with E-state index >= 15 is 0 Å². The number of benzene rings is 2. The largest absolute Gasteiger partial charge is 0.296 e. The summed E-state index contributed by atoms with van der Waals surface area (Å²) in [5.74, 6) is 0.162. The van der Waals surface area contributed by atoms with Gasteiger partial charge in [0, 0.05) is 12.0 Å². The van der Waals surface area contributed by atoms with Gasteiger partial charge >= 0.3 is 0 Å². The molecule has 3 aromatic rings. The van der Waals surface area contributed by atoms with E-state index in [1.54, 1.807) is 6.07 Å². The Hall–Kier alpha value is -2.60. The van der Waals surface area contributed by atoms with Crippen molar-refractivity contribution in [3.05, 3.63) is 76.0 Å². The van der Waals surface area contributed by atoms with Crippen LogP contribution in [0.25, 0.3) is 0 Å². The Morgan fingerprint density at radius 1 is 1.07 bits per heavy atom. The Morgan fingerprint density at radius 2 is 1.86 bits per heavy atom. The number of halogens is 1. The highest BCUT2D eigenvalue weighted by molar-refractivity contribution is 7.15. The van der Waals surface area contributed by atoms with Gasteiger partial charge in [0.05, 0.1) is 0 Å². The molecule has 1 N–H and O–H groups in total. The molecule has 1 amide bonds. The zero-order valence-corrected chi connectivity index (χ0v) is 16.3. The molecule has 0 unspecified atom stereocenters. The summed E-state index contributed by atoms with van der Waals surface area (Å²) in [7, 11) is 0. The highest BCUT2D eigenvalue weighted by Crippen LogP contribution is 2.32. The number of nitrogens with one attached hydrogen (secondary N) is 1. The third-order valence-corrected chi connectivity index (χ3v) is 6.02. The minimum atomic E-state index is -0.271. The van der Waals surface area contributed by atoms with E-state index in [1.807, 2.05) is 18.2 Å². The first kappa shape index (κ1) is 18.7. The van der Waals surface area contributed by atoms with Crippen LogP contribution in [0.2, 0.25) is 0 Å². The van der Waals surface area contributed by atoms with Gasteiger partial charge in [-0.3, -0.25) is 10.1 Å². The van der Waals surface area contributed by atoms with E-state index in [9.17, 15) is 9.18 Å². The van der Waals surface area contributed by atoms with E-state index in [-0.39, 0.29) is 11.7 Å². The molecule has 0 saturated heterocycles. The van der Waals surface area contributed by atoms with Crippen LogP contribution in [0.1, 0.15) is 64.5 Å². The van der Waals surface area contributed by atoms with Crippen molar-refractivity contribution < 1.29 is 9.18 Å². The van der Waals surface area contributed by atoms with Crippen LogP contribution in [0, 0.1) is 5.82 Å². The Bertz CT molecular complexity index is 948. The van der Waals surface area contributed by atoms with Crippen LogP contribution in [-0.4, -0.2) is 16.1 Å². The molecular weight excluding hydrogens is 373 g/mol. The van der Waals surface area contributed by atoms with Crippen LogP contribution >= 0.6 is 11.3 Å². The van der Waals surface area contributed by atoms with Crippen LogP contribution in [-0.2, 0) is 6.42 Å². The molecule has 1 aliphatic carbocycles. The van der Waals surface area contributed by atoms with Crippen molar-refractivity contribution in [3.8, 4) is 0 Å². The molecule has 1 aromatic heterocycles. The SMILES string of the molecule is O=C(Nc1nnc(Cc2cccc(F)c2)s1)c1ccc(C2CCCCC2)cc1. The highest BCUT2D eigenvalue weighted by Gasteiger charge is 2.16. The lowest BCUT2D eigenvalue weighted by Crippen LogP contribution is -2.12. The van der Waals surface area contributed by atoms with Gasteiger partial charge in [0.1, 0.15) is 10.8 Å². The number of carbonyl (C=O) groups is 1. The summed E-state index contributed by atoms with van der Waals surface area (Å²) < 4.78 is 13.3. The van der Waals surface area contributed by atoms with Gasteiger partial charge < -0.3 is 0 Å².